The molecule has 1 aromatic rings. The molecule has 0 bridgehead atoms. The number of benzene rings is 1. The average molecular weight is 354 g/mol. The minimum absolute atomic E-state index is 0.00915. The van der Waals surface area contributed by atoms with Crippen molar-refractivity contribution in [2.24, 2.45) is 0 Å². The molecule has 1 atom stereocenters. The predicted molar refractivity (Wildman–Crippen MR) is 93.3 cm³/mol. The molecular formula is C17H24ClN3O3. The van der Waals surface area contributed by atoms with Gasteiger partial charge in [0.1, 0.15) is 11.8 Å². The number of carbonyl (C=O) groups is 1. The molecule has 0 aromatic heterocycles. The third-order valence-corrected chi connectivity index (χ3v) is 3.69. The molecule has 132 valence electrons. The summed E-state index contributed by atoms with van der Waals surface area (Å²) in [6.07, 6.45) is -0.00915. The molecule has 0 radical (unpaired) electrons. The number of rotatable bonds is 9. The summed E-state index contributed by atoms with van der Waals surface area (Å²) >= 11 is 6.13. The van der Waals surface area contributed by atoms with Crippen LogP contribution < -0.4 is 10.1 Å². The van der Waals surface area contributed by atoms with Gasteiger partial charge in [0.15, 0.2) is 0 Å². The first kappa shape index (κ1) is 20.2. The summed E-state index contributed by atoms with van der Waals surface area (Å²) in [5.41, 5.74) is 0.401. The molecule has 0 spiro atoms. The molecule has 1 unspecified atom stereocenters. The summed E-state index contributed by atoms with van der Waals surface area (Å²) in [5, 5.41) is 21.4. The number of likely N-dealkylation sites (N-methyl/N-ethyl adjacent to an activating group) is 1. The van der Waals surface area contributed by atoms with Crippen molar-refractivity contribution in [1.82, 2.24) is 10.2 Å². The zero-order chi connectivity index (χ0) is 18.1. The number of ether oxygens (including phenoxy) is 1. The lowest BCUT2D eigenvalue weighted by Crippen LogP contribution is -2.44. The van der Waals surface area contributed by atoms with Crippen LogP contribution in [0.4, 0.5) is 0 Å². The van der Waals surface area contributed by atoms with E-state index in [2.05, 4.69) is 11.4 Å². The van der Waals surface area contributed by atoms with Gasteiger partial charge in [0.05, 0.1) is 23.8 Å². The van der Waals surface area contributed by atoms with Gasteiger partial charge in [-0.2, -0.15) is 5.26 Å². The molecular weight excluding hydrogens is 330 g/mol. The van der Waals surface area contributed by atoms with Crippen molar-refractivity contribution in [3.8, 4) is 11.8 Å². The predicted octanol–water partition coefficient (Wildman–Crippen LogP) is 2.06. The fraction of sp³-hybridized carbons (Fsp3) is 0.529. The second-order valence-corrected chi connectivity index (χ2v) is 5.93. The highest BCUT2D eigenvalue weighted by Gasteiger charge is 2.18. The standard InChI is InChI=1S/C17H24ClN3O3/c1-4-21(7-8-22)14(10-19)11-20-17(23)13-5-6-16(15(18)9-13)24-12(2)3/h5-6,9,12,14,22H,4,7-8,11H2,1-3H3,(H,20,23). The number of carbonyl (C=O) groups excluding carboxylic acids is 1. The summed E-state index contributed by atoms with van der Waals surface area (Å²) in [6, 6.07) is 6.47. The molecule has 7 heteroatoms. The first-order chi connectivity index (χ1) is 11.4. The highest BCUT2D eigenvalue weighted by Crippen LogP contribution is 2.26. The monoisotopic (exact) mass is 353 g/mol. The van der Waals surface area contributed by atoms with Crippen molar-refractivity contribution < 1.29 is 14.6 Å². The highest BCUT2D eigenvalue weighted by molar-refractivity contribution is 6.32. The van der Waals surface area contributed by atoms with Crippen molar-refractivity contribution in [3.63, 3.8) is 0 Å². The average Bonchev–Trinajstić information content (AvgIpc) is 2.55. The van der Waals surface area contributed by atoms with Gasteiger partial charge in [-0.15, -0.1) is 0 Å². The Labute approximate surface area is 148 Å². The Kier molecular flexibility index (Phi) is 8.55. The number of halogens is 1. The van der Waals surface area contributed by atoms with Gasteiger partial charge in [-0.05, 0) is 38.6 Å². The molecule has 6 nitrogen and oxygen atoms in total. The van der Waals surface area contributed by atoms with E-state index in [4.69, 9.17) is 21.4 Å². The lowest BCUT2D eigenvalue weighted by molar-refractivity contribution is 0.0939. The molecule has 24 heavy (non-hydrogen) atoms. The molecule has 0 aliphatic rings. The van der Waals surface area contributed by atoms with Crippen LogP contribution >= 0.6 is 11.6 Å². The van der Waals surface area contributed by atoms with Gasteiger partial charge in [0, 0.05) is 18.7 Å². The van der Waals surface area contributed by atoms with Gasteiger partial charge in [0.25, 0.3) is 5.91 Å². The van der Waals surface area contributed by atoms with Gasteiger partial charge in [-0.3, -0.25) is 9.69 Å². The van der Waals surface area contributed by atoms with E-state index < -0.39 is 6.04 Å². The SMILES string of the molecule is CCN(CCO)C(C#N)CNC(=O)c1ccc(OC(C)C)c(Cl)c1. The zero-order valence-corrected chi connectivity index (χ0v) is 15.0. The molecule has 0 fully saturated rings. The smallest absolute Gasteiger partial charge is 0.251 e. The molecule has 0 aliphatic carbocycles. The fourth-order valence-electron chi connectivity index (χ4n) is 2.20. The summed E-state index contributed by atoms with van der Waals surface area (Å²) < 4.78 is 5.53. The molecule has 1 amide bonds. The summed E-state index contributed by atoms with van der Waals surface area (Å²) in [7, 11) is 0. The van der Waals surface area contributed by atoms with Crippen LogP contribution in [0.1, 0.15) is 31.1 Å². The van der Waals surface area contributed by atoms with E-state index in [-0.39, 0.29) is 25.2 Å². The Morgan fingerprint density at radius 3 is 2.71 bits per heavy atom. The second kappa shape index (κ2) is 10.1. The number of hydrogen-bond acceptors (Lipinski definition) is 5. The van der Waals surface area contributed by atoms with E-state index in [0.29, 0.717) is 29.4 Å². The molecule has 1 rings (SSSR count). The number of nitrogens with zero attached hydrogens (tertiary/aromatic N) is 2. The summed E-state index contributed by atoms with van der Waals surface area (Å²) in [4.78, 5) is 14.0. The van der Waals surface area contributed by atoms with E-state index in [1.165, 1.54) is 0 Å². The van der Waals surface area contributed by atoms with Gasteiger partial charge in [-0.1, -0.05) is 18.5 Å². The number of nitriles is 1. The van der Waals surface area contributed by atoms with Gasteiger partial charge in [0.2, 0.25) is 0 Å². The van der Waals surface area contributed by atoms with Crippen molar-refractivity contribution in [1.29, 1.82) is 5.26 Å². The summed E-state index contributed by atoms with van der Waals surface area (Å²) in [5.74, 6) is 0.214. The van der Waals surface area contributed by atoms with Gasteiger partial charge < -0.3 is 15.2 Å². The maximum absolute atomic E-state index is 12.2. The Morgan fingerprint density at radius 2 is 2.21 bits per heavy atom. The van der Waals surface area contributed by atoms with Crippen molar-refractivity contribution >= 4 is 17.5 Å². The van der Waals surface area contributed by atoms with E-state index in [9.17, 15) is 10.1 Å². The van der Waals surface area contributed by atoms with Crippen molar-refractivity contribution in [2.45, 2.75) is 32.9 Å². The van der Waals surface area contributed by atoms with E-state index in [1.807, 2.05) is 20.8 Å². The minimum Gasteiger partial charge on any atom is -0.489 e. The quantitative estimate of drug-likeness (QED) is 0.709. The highest BCUT2D eigenvalue weighted by atomic mass is 35.5. The number of hydrogen-bond donors (Lipinski definition) is 2. The third kappa shape index (κ3) is 6.00. The lowest BCUT2D eigenvalue weighted by atomic mass is 10.2. The Morgan fingerprint density at radius 1 is 1.50 bits per heavy atom. The molecule has 0 heterocycles. The molecule has 0 saturated heterocycles. The fourth-order valence-corrected chi connectivity index (χ4v) is 2.43. The van der Waals surface area contributed by atoms with Crippen LogP contribution in [0.25, 0.3) is 0 Å². The Balaban J connectivity index is 2.71. The maximum Gasteiger partial charge on any atom is 0.251 e. The largest absolute Gasteiger partial charge is 0.489 e. The van der Waals surface area contributed by atoms with Gasteiger partial charge >= 0.3 is 0 Å². The Bertz CT molecular complexity index is 587. The maximum atomic E-state index is 12.2. The van der Waals surface area contributed by atoms with Crippen LogP contribution in [0.5, 0.6) is 5.75 Å². The zero-order valence-electron chi connectivity index (χ0n) is 14.3. The second-order valence-electron chi connectivity index (χ2n) is 5.52. The molecule has 1 aromatic carbocycles. The normalized spacial score (nSPS) is 12.1. The van der Waals surface area contributed by atoms with Crippen LogP contribution in [-0.4, -0.2) is 54.3 Å². The number of aliphatic hydroxyl groups excluding tert-OH is 1. The first-order valence-corrected chi connectivity index (χ1v) is 8.29. The van der Waals surface area contributed by atoms with Crippen LogP contribution in [0, 0.1) is 11.3 Å². The number of amides is 1. The third-order valence-electron chi connectivity index (χ3n) is 3.40. The molecule has 2 N–H and O–H groups in total. The Hall–Kier alpha value is -1.81. The van der Waals surface area contributed by atoms with E-state index >= 15 is 0 Å². The van der Waals surface area contributed by atoms with Crippen molar-refractivity contribution in [3.05, 3.63) is 28.8 Å². The van der Waals surface area contributed by atoms with Gasteiger partial charge in [-0.25, -0.2) is 0 Å². The van der Waals surface area contributed by atoms with Crippen LogP contribution in [0.2, 0.25) is 5.02 Å². The first-order valence-electron chi connectivity index (χ1n) is 7.91. The molecule has 0 aliphatic heterocycles. The van der Waals surface area contributed by atoms with E-state index in [0.717, 1.165) is 0 Å². The molecule has 0 saturated carbocycles. The minimum atomic E-state index is -0.495. The van der Waals surface area contributed by atoms with Crippen LogP contribution in [-0.2, 0) is 0 Å². The lowest BCUT2D eigenvalue weighted by Gasteiger charge is -2.24. The van der Waals surface area contributed by atoms with Crippen LogP contribution in [0.15, 0.2) is 18.2 Å². The van der Waals surface area contributed by atoms with Crippen molar-refractivity contribution in [2.75, 3.05) is 26.2 Å². The topological polar surface area (TPSA) is 85.6 Å². The number of nitrogens with one attached hydrogen (secondary N) is 1. The van der Waals surface area contributed by atoms with E-state index in [1.54, 1.807) is 23.1 Å². The van der Waals surface area contributed by atoms with Crippen LogP contribution in [0.3, 0.4) is 0 Å². The summed E-state index contributed by atoms with van der Waals surface area (Å²) in [6.45, 7) is 6.82. The number of aliphatic hydroxyl groups is 1.